The van der Waals surface area contributed by atoms with Crippen LogP contribution in [0.5, 0.6) is 0 Å². The first-order valence-corrected chi connectivity index (χ1v) is 7.84. The summed E-state index contributed by atoms with van der Waals surface area (Å²) < 4.78 is 1.00. The molecule has 0 saturated heterocycles. The summed E-state index contributed by atoms with van der Waals surface area (Å²) in [4.78, 5) is 12.6. The molecule has 3 nitrogen and oxygen atoms in total. The maximum absolute atomic E-state index is 12.6. The van der Waals surface area contributed by atoms with Crippen LogP contribution in [-0.2, 0) is 4.79 Å². The molecule has 0 fully saturated rings. The standard InChI is InChI=1S/C17H12BrClN2O/c1-11-16(10-12-2-4-13(18)5-3-12)17(22)21(20-11)15-8-6-14(19)7-9-15/h2-10H,1H3/b16-10-. The van der Waals surface area contributed by atoms with Crippen LogP contribution in [0.1, 0.15) is 12.5 Å². The lowest BCUT2D eigenvalue weighted by atomic mass is 10.1. The van der Waals surface area contributed by atoms with Crippen LogP contribution >= 0.6 is 27.5 Å². The zero-order chi connectivity index (χ0) is 15.7. The Labute approximate surface area is 142 Å². The smallest absolute Gasteiger partial charge is 0.267 e. The van der Waals surface area contributed by atoms with Gasteiger partial charge in [-0.25, -0.2) is 0 Å². The first-order chi connectivity index (χ1) is 10.5. The summed E-state index contributed by atoms with van der Waals surface area (Å²) in [6.45, 7) is 1.83. The summed E-state index contributed by atoms with van der Waals surface area (Å²) in [5.74, 6) is -0.136. The molecular weight excluding hydrogens is 364 g/mol. The van der Waals surface area contributed by atoms with Crippen molar-refractivity contribution >= 4 is 50.9 Å². The number of rotatable bonds is 2. The Morgan fingerprint density at radius 3 is 2.36 bits per heavy atom. The minimum absolute atomic E-state index is 0.136. The lowest BCUT2D eigenvalue weighted by Crippen LogP contribution is -2.21. The Balaban J connectivity index is 1.92. The molecule has 5 heteroatoms. The molecule has 0 radical (unpaired) electrons. The zero-order valence-electron chi connectivity index (χ0n) is 11.8. The van der Waals surface area contributed by atoms with E-state index < -0.39 is 0 Å². The molecular formula is C17H12BrClN2O. The van der Waals surface area contributed by atoms with Crippen molar-refractivity contribution in [3.63, 3.8) is 0 Å². The highest BCUT2D eigenvalue weighted by atomic mass is 79.9. The molecule has 1 heterocycles. The molecule has 0 spiro atoms. The highest BCUT2D eigenvalue weighted by Gasteiger charge is 2.28. The van der Waals surface area contributed by atoms with Crippen molar-refractivity contribution in [2.24, 2.45) is 5.10 Å². The number of benzene rings is 2. The largest absolute Gasteiger partial charge is 0.280 e. The van der Waals surface area contributed by atoms with Gasteiger partial charge in [0.25, 0.3) is 5.91 Å². The van der Waals surface area contributed by atoms with E-state index >= 15 is 0 Å². The second kappa shape index (κ2) is 6.07. The molecule has 0 atom stereocenters. The number of carbonyl (C=O) groups is 1. The number of anilines is 1. The van der Waals surface area contributed by atoms with Crippen molar-refractivity contribution in [1.82, 2.24) is 0 Å². The molecule has 0 N–H and O–H groups in total. The first-order valence-electron chi connectivity index (χ1n) is 6.67. The molecule has 2 aromatic carbocycles. The average Bonchev–Trinajstić information content (AvgIpc) is 2.78. The highest BCUT2D eigenvalue weighted by molar-refractivity contribution is 9.10. The first kappa shape index (κ1) is 15.0. The van der Waals surface area contributed by atoms with Crippen molar-refractivity contribution in [3.05, 3.63) is 69.2 Å². The third-order valence-corrected chi connectivity index (χ3v) is 4.10. The normalized spacial score (nSPS) is 16.3. The van der Waals surface area contributed by atoms with Crippen molar-refractivity contribution < 1.29 is 4.79 Å². The minimum Gasteiger partial charge on any atom is -0.267 e. The van der Waals surface area contributed by atoms with Crippen LogP contribution in [0.15, 0.2) is 63.7 Å². The molecule has 0 bridgehead atoms. The Morgan fingerprint density at radius 2 is 1.73 bits per heavy atom. The number of nitrogens with zero attached hydrogens (tertiary/aromatic N) is 2. The lowest BCUT2D eigenvalue weighted by molar-refractivity contribution is -0.114. The number of hydrazone groups is 1. The predicted molar refractivity (Wildman–Crippen MR) is 94.2 cm³/mol. The van der Waals surface area contributed by atoms with Gasteiger partial charge in [-0.2, -0.15) is 10.1 Å². The molecule has 1 aliphatic heterocycles. The predicted octanol–water partition coefficient (Wildman–Crippen LogP) is 4.91. The van der Waals surface area contributed by atoms with Gasteiger partial charge < -0.3 is 0 Å². The number of carbonyl (C=O) groups excluding carboxylic acids is 1. The maximum atomic E-state index is 12.6. The third kappa shape index (κ3) is 2.98. The summed E-state index contributed by atoms with van der Waals surface area (Å²) in [5.41, 5.74) is 2.95. The van der Waals surface area contributed by atoms with Gasteiger partial charge >= 0.3 is 0 Å². The number of hydrogen-bond donors (Lipinski definition) is 0. The maximum Gasteiger partial charge on any atom is 0.280 e. The van der Waals surface area contributed by atoms with Crippen molar-refractivity contribution in [2.75, 3.05) is 5.01 Å². The second-order valence-corrected chi connectivity index (χ2v) is 6.24. The van der Waals surface area contributed by atoms with E-state index in [0.29, 0.717) is 22.0 Å². The monoisotopic (exact) mass is 374 g/mol. The molecule has 110 valence electrons. The van der Waals surface area contributed by atoms with Gasteiger partial charge in [0.1, 0.15) is 0 Å². The molecule has 0 aliphatic carbocycles. The van der Waals surface area contributed by atoms with Crippen LogP contribution < -0.4 is 5.01 Å². The van der Waals surface area contributed by atoms with Crippen LogP contribution in [0, 0.1) is 0 Å². The van der Waals surface area contributed by atoms with E-state index in [1.807, 2.05) is 37.3 Å². The van der Waals surface area contributed by atoms with Gasteiger partial charge in [0.15, 0.2) is 0 Å². The molecule has 0 saturated carbocycles. The van der Waals surface area contributed by atoms with Crippen LogP contribution in [0.25, 0.3) is 6.08 Å². The fraction of sp³-hybridized carbons (Fsp3) is 0.0588. The molecule has 1 aliphatic rings. The van der Waals surface area contributed by atoms with Gasteiger partial charge in [-0.05, 0) is 55.0 Å². The number of hydrogen-bond acceptors (Lipinski definition) is 2. The van der Waals surface area contributed by atoms with Gasteiger partial charge in [-0.1, -0.05) is 39.7 Å². The van der Waals surface area contributed by atoms with Gasteiger partial charge in [0.05, 0.1) is 17.0 Å². The fourth-order valence-corrected chi connectivity index (χ4v) is 2.56. The average molecular weight is 376 g/mol. The molecule has 2 aromatic rings. The number of halogens is 2. The van der Waals surface area contributed by atoms with Crippen molar-refractivity contribution in [1.29, 1.82) is 0 Å². The Morgan fingerprint density at radius 1 is 1.09 bits per heavy atom. The quantitative estimate of drug-likeness (QED) is 0.687. The van der Waals surface area contributed by atoms with Gasteiger partial charge in [0.2, 0.25) is 0 Å². The topological polar surface area (TPSA) is 32.7 Å². The summed E-state index contributed by atoms with van der Waals surface area (Å²) in [6, 6.07) is 14.8. The van der Waals surface area contributed by atoms with E-state index in [4.69, 9.17) is 11.6 Å². The Kier molecular flexibility index (Phi) is 4.14. The van der Waals surface area contributed by atoms with Gasteiger partial charge in [0, 0.05) is 9.50 Å². The van der Waals surface area contributed by atoms with E-state index in [2.05, 4.69) is 21.0 Å². The third-order valence-electron chi connectivity index (χ3n) is 3.31. The summed E-state index contributed by atoms with van der Waals surface area (Å²) in [6.07, 6.45) is 1.85. The zero-order valence-corrected chi connectivity index (χ0v) is 14.1. The van der Waals surface area contributed by atoms with E-state index in [1.165, 1.54) is 5.01 Å². The van der Waals surface area contributed by atoms with Crippen LogP contribution in [0.4, 0.5) is 5.69 Å². The summed E-state index contributed by atoms with van der Waals surface area (Å²) in [5, 5.41) is 6.37. The van der Waals surface area contributed by atoms with Crippen LogP contribution in [-0.4, -0.2) is 11.6 Å². The lowest BCUT2D eigenvalue weighted by Gasteiger charge is -2.11. The van der Waals surface area contributed by atoms with Crippen LogP contribution in [0.2, 0.25) is 5.02 Å². The highest BCUT2D eigenvalue weighted by Crippen LogP contribution is 2.26. The van der Waals surface area contributed by atoms with Crippen molar-refractivity contribution in [2.45, 2.75) is 6.92 Å². The minimum atomic E-state index is -0.136. The Hall–Kier alpha value is -1.91. The molecule has 22 heavy (non-hydrogen) atoms. The van der Waals surface area contributed by atoms with Gasteiger partial charge in [-0.15, -0.1) is 0 Å². The molecule has 1 amide bonds. The summed E-state index contributed by atoms with van der Waals surface area (Å²) in [7, 11) is 0. The Bertz CT molecular complexity index is 779. The van der Waals surface area contributed by atoms with E-state index in [9.17, 15) is 4.79 Å². The van der Waals surface area contributed by atoms with Crippen LogP contribution in [0.3, 0.4) is 0 Å². The van der Waals surface area contributed by atoms with E-state index in [1.54, 1.807) is 24.3 Å². The van der Waals surface area contributed by atoms with E-state index in [0.717, 1.165) is 10.0 Å². The van der Waals surface area contributed by atoms with E-state index in [-0.39, 0.29) is 5.91 Å². The van der Waals surface area contributed by atoms with Crippen molar-refractivity contribution in [3.8, 4) is 0 Å². The summed E-state index contributed by atoms with van der Waals surface area (Å²) >= 11 is 9.28. The number of amides is 1. The van der Waals surface area contributed by atoms with Gasteiger partial charge in [-0.3, -0.25) is 4.79 Å². The molecule has 0 aromatic heterocycles. The molecule has 0 unspecified atom stereocenters. The molecule has 3 rings (SSSR count). The SMILES string of the molecule is CC1=NN(c2ccc(Cl)cc2)C(=O)/C1=C\c1ccc(Br)cc1. The second-order valence-electron chi connectivity index (χ2n) is 4.89. The fourth-order valence-electron chi connectivity index (χ4n) is 2.17.